The normalized spacial score (nSPS) is 12.6. The van der Waals surface area contributed by atoms with E-state index in [0.29, 0.717) is 13.2 Å². The van der Waals surface area contributed by atoms with Gasteiger partial charge in [0.1, 0.15) is 12.4 Å². The second kappa shape index (κ2) is 8.43. The molecule has 1 aliphatic heterocycles. The van der Waals surface area contributed by atoms with Crippen LogP contribution in [0.2, 0.25) is 0 Å². The van der Waals surface area contributed by atoms with Gasteiger partial charge >= 0.3 is 0 Å². The Balaban J connectivity index is 0.00000225. The van der Waals surface area contributed by atoms with Crippen LogP contribution in [0.15, 0.2) is 42.5 Å². The number of nitrogens with one attached hydrogen (secondary N) is 1. The van der Waals surface area contributed by atoms with Gasteiger partial charge in [0.15, 0.2) is 11.5 Å². The van der Waals surface area contributed by atoms with Crippen molar-refractivity contribution in [3.63, 3.8) is 0 Å². The smallest absolute Gasteiger partial charge is 0.231 e. The quantitative estimate of drug-likeness (QED) is 0.788. The Kier molecular flexibility index (Phi) is 6.53. The molecule has 3 rings (SSSR count). The van der Waals surface area contributed by atoms with Crippen LogP contribution in [0.25, 0.3) is 0 Å². The van der Waals surface area contributed by atoms with Crippen molar-refractivity contribution in [1.29, 1.82) is 0 Å². The van der Waals surface area contributed by atoms with Crippen molar-refractivity contribution in [3.8, 4) is 17.2 Å². The summed E-state index contributed by atoms with van der Waals surface area (Å²) < 4.78 is 16.5. The first-order chi connectivity index (χ1) is 11.6. The molecule has 6 heteroatoms. The van der Waals surface area contributed by atoms with Crippen LogP contribution in [0, 0.1) is 0 Å². The zero-order valence-electron chi connectivity index (χ0n) is 14.5. The summed E-state index contributed by atoms with van der Waals surface area (Å²) in [6, 6.07) is 13.8. The number of aliphatic hydroxyl groups excluding tert-OH is 1. The fraction of sp³-hybridized carbons (Fsp3) is 0.368. The van der Waals surface area contributed by atoms with Gasteiger partial charge in [-0.1, -0.05) is 18.2 Å². The molecule has 0 radical (unpaired) electrons. The third-order valence-corrected chi connectivity index (χ3v) is 3.93. The summed E-state index contributed by atoms with van der Waals surface area (Å²) in [4.78, 5) is 0. The zero-order chi connectivity index (χ0) is 17.0. The molecule has 25 heavy (non-hydrogen) atoms. The van der Waals surface area contributed by atoms with E-state index in [9.17, 15) is 5.11 Å². The van der Waals surface area contributed by atoms with Gasteiger partial charge in [0.2, 0.25) is 6.79 Å². The molecule has 136 valence electrons. The Morgan fingerprint density at radius 3 is 2.44 bits per heavy atom. The van der Waals surface area contributed by atoms with Crippen LogP contribution in [0.1, 0.15) is 25.0 Å². The number of halogens is 1. The maximum absolute atomic E-state index is 9.25. The Bertz CT molecular complexity index is 688. The number of aliphatic hydroxyl groups is 1. The lowest BCUT2D eigenvalue weighted by molar-refractivity contribution is 0.174. The largest absolute Gasteiger partial charge is 0.489 e. The van der Waals surface area contributed by atoms with Gasteiger partial charge < -0.3 is 24.6 Å². The van der Waals surface area contributed by atoms with E-state index in [2.05, 4.69) is 5.32 Å². The van der Waals surface area contributed by atoms with E-state index in [1.807, 2.05) is 56.3 Å². The average molecular weight is 366 g/mol. The van der Waals surface area contributed by atoms with Gasteiger partial charge in [0.25, 0.3) is 0 Å². The van der Waals surface area contributed by atoms with E-state index in [-0.39, 0.29) is 31.3 Å². The van der Waals surface area contributed by atoms with E-state index in [0.717, 1.165) is 28.4 Å². The first-order valence-electron chi connectivity index (χ1n) is 8.02. The minimum absolute atomic E-state index is 0. The third-order valence-electron chi connectivity index (χ3n) is 3.93. The molecule has 1 heterocycles. The van der Waals surface area contributed by atoms with Crippen LogP contribution in [0.3, 0.4) is 0 Å². The Hall–Kier alpha value is -1.95. The first kappa shape index (κ1) is 19.4. The number of ether oxygens (including phenoxy) is 3. The number of hydrogen-bond acceptors (Lipinski definition) is 5. The van der Waals surface area contributed by atoms with Crippen molar-refractivity contribution < 1.29 is 19.3 Å². The highest BCUT2D eigenvalue weighted by atomic mass is 35.5. The molecular formula is C19H24ClNO4. The van der Waals surface area contributed by atoms with Crippen molar-refractivity contribution >= 4 is 12.4 Å². The van der Waals surface area contributed by atoms with Crippen molar-refractivity contribution in [2.45, 2.75) is 32.5 Å². The van der Waals surface area contributed by atoms with Crippen LogP contribution in [0.5, 0.6) is 17.2 Å². The van der Waals surface area contributed by atoms with Crippen molar-refractivity contribution in [1.82, 2.24) is 5.32 Å². The topological polar surface area (TPSA) is 60.0 Å². The average Bonchev–Trinajstić information content (AvgIpc) is 3.07. The van der Waals surface area contributed by atoms with E-state index in [1.54, 1.807) is 0 Å². The second-order valence-corrected chi connectivity index (χ2v) is 6.52. The summed E-state index contributed by atoms with van der Waals surface area (Å²) in [7, 11) is 0. The molecular weight excluding hydrogens is 342 g/mol. The second-order valence-electron chi connectivity index (χ2n) is 6.52. The molecule has 0 unspecified atom stereocenters. The van der Waals surface area contributed by atoms with Gasteiger partial charge in [-0.3, -0.25) is 0 Å². The summed E-state index contributed by atoms with van der Waals surface area (Å²) in [5.41, 5.74) is 1.90. The van der Waals surface area contributed by atoms with Gasteiger partial charge in [0.05, 0.1) is 6.61 Å². The lowest BCUT2D eigenvalue weighted by atomic mass is 10.1. The Morgan fingerprint density at radius 2 is 1.72 bits per heavy atom. The molecule has 0 aliphatic carbocycles. The Morgan fingerprint density at radius 1 is 1.04 bits per heavy atom. The molecule has 2 aromatic rings. The highest BCUT2D eigenvalue weighted by Crippen LogP contribution is 2.32. The van der Waals surface area contributed by atoms with E-state index in [4.69, 9.17) is 14.2 Å². The maximum Gasteiger partial charge on any atom is 0.231 e. The van der Waals surface area contributed by atoms with Crippen molar-refractivity contribution in [2.75, 3.05) is 13.4 Å². The standard InChI is InChI=1S/C19H23NO4.ClH/c1-19(2,12-21)20-10-14-3-6-16(7-4-14)22-11-15-5-8-17-18(9-15)24-13-23-17;/h3-9,20-21H,10-13H2,1-2H3;1H. The van der Waals surface area contributed by atoms with Gasteiger partial charge in [-0.15, -0.1) is 12.4 Å². The summed E-state index contributed by atoms with van der Waals surface area (Å²) in [6.45, 7) is 5.50. The molecule has 0 atom stereocenters. The van der Waals surface area contributed by atoms with Crippen LogP contribution >= 0.6 is 12.4 Å². The monoisotopic (exact) mass is 365 g/mol. The van der Waals surface area contributed by atoms with Crippen LogP contribution in [-0.2, 0) is 13.2 Å². The van der Waals surface area contributed by atoms with Crippen LogP contribution < -0.4 is 19.5 Å². The highest BCUT2D eigenvalue weighted by Gasteiger charge is 2.15. The van der Waals surface area contributed by atoms with E-state index in [1.165, 1.54) is 0 Å². The summed E-state index contributed by atoms with van der Waals surface area (Å²) in [5, 5.41) is 12.6. The molecule has 0 saturated heterocycles. The van der Waals surface area contributed by atoms with Gasteiger partial charge in [-0.25, -0.2) is 0 Å². The zero-order valence-corrected chi connectivity index (χ0v) is 15.3. The first-order valence-corrected chi connectivity index (χ1v) is 8.02. The molecule has 2 aromatic carbocycles. The molecule has 0 aromatic heterocycles. The lowest BCUT2D eigenvalue weighted by Crippen LogP contribution is -2.42. The van der Waals surface area contributed by atoms with E-state index >= 15 is 0 Å². The number of rotatable bonds is 7. The fourth-order valence-electron chi connectivity index (χ4n) is 2.30. The van der Waals surface area contributed by atoms with Crippen molar-refractivity contribution in [3.05, 3.63) is 53.6 Å². The molecule has 0 fully saturated rings. The SMILES string of the molecule is CC(C)(CO)NCc1ccc(OCc2ccc3c(c2)OCO3)cc1.Cl. The minimum Gasteiger partial charge on any atom is -0.489 e. The lowest BCUT2D eigenvalue weighted by Gasteiger charge is -2.23. The number of benzene rings is 2. The van der Waals surface area contributed by atoms with Gasteiger partial charge in [0, 0.05) is 12.1 Å². The summed E-state index contributed by atoms with van der Waals surface area (Å²) >= 11 is 0. The number of fused-ring (bicyclic) bond motifs is 1. The predicted molar refractivity (Wildman–Crippen MR) is 98.6 cm³/mol. The molecule has 2 N–H and O–H groups in total. The predicted octanol–water partition coefficient (Wildman–Crippen LogP) is 3.28. The molecule has 1 aliphatic rings. The van der Waals surface area contributed by atoms with Crippen molar-refractivity contribution in [2.24, 2.45) is 0 Å². The van der Waals surface area contributed by atoms with E-state index < -0.39 is 0 Å². The summed E-state index contributed by atoms with van der Waals surface area (Å²) in [6.07, 6.45) is 0. The Labute approximate surface area is 154 Å². The molecule has 0 amide bonds. The van der Waals surface area contributed by atoms with Gasteiger partial charge in [-0.2, -0.15) is 0 Å². The number of hydrogen-bond donors (Lipinski definition) is 2. The minimum atomic E-state index is -0.283. The maximum atomic E-state index is 9.25. The van der Waals surface area contributed by atoms with Gasteiger partial charge in [-0.05, 0) is 49.2 Å². The molecule has 5 nitrogen and oxygen atoms in total. The van der Waals surface area contributed by atoms with Crippen LogP contribution in [-0.4, -0.2) is 24.0 Å². The van der Waals surface area contributed by atoms with Crippen LogP contribution in [0.4, 0.5) is 0 Å². The fourth-order valence-corrected chi connectivity index (χ4v) is 2.30. The third kappa shape index (κ3) is 5.26. The molecule has 0 spiro atoms. The molecule has 0 saturated carbocycles. The molecule has 0 bridgehead atoms. The highest BCUT2D eigenvalue weighted by molar-refractivity contribution is 5.85. The summed E-state index contributed by atoms with van der Waals surface area (Å²) in [5.74, 6) is 2.36.